The molecule has 1 aliphatic rings. The van der Waals surface area contributed by atoms with E-state index in [4.69, 9.17) is 0 Å². The van der Waals surface area contributed by atoms with Crippen LogP contribution in [0.15, 0.2) is 70.5 Å². The minimum absolute atomic E-state index is 0.0900. The van der Waals surface area contributed by atoms with Crippen molar-refractivity contribution in [3.63, 3.8) is 0 Å². The number of sulfonamides is 1. The highest BCUT2D eigenvalue weighted by atomic mass is 32.2. The molecule has 7 heteroatoms. The number of amides is 1. The van der Waals surface area contributed by atoms with E-state index in [2.05, 4.69) is 11.6 Å². The molecule has 0 unspecified atom stereocenters. The van der Waals surface area contributed by atoms with Gasteiger partial charge in [0, 0.05) is 23.7 Å². The van der Waals surface area contributed by atoms with Crippen LogP contribution in [0.25, 0.3) is 10.8 Å². The number of carbonyl (C=O) groups excluding carboxylic acids is 1. The number of benzene rings is 3. The van der Waals surface area contributed by atoms with E-state index in [1.54, 1.807) is 18.2 Å². The molecular formula is C24H26N2O3S2. The Labute approximate surface area is 187 Å². The maximum atomic E-state index is 13.2. The molecule has 5 nitrogen and oxygen atoms in total. The number of rotatable bonds is 5. The van der Waals surface area contributed by atoms with E-state index in [0.717, 1.165) is 28.5 Å². The Morgan fingerprint density at radius 3 is 2.42 bits per heavy atom. The number of piperidine rings is 1. The fourth-order valence-corrected chi connectivity index (χ4v) is 5.52. The SMILES string of the molecule is CSc1ccc(S(=O)(=O)Nc2ccc3ccccc3c2)cc1C(=O)N1CCC(C)CC1. The third kappa shape index (κ3) is 4.72. The zero-order chi connectivity index (χ0) is 22.0. The molecule has 0 aromatic heterocycles. The zero-order valence-corrected chi connectivity index (χ0v) is 19.3. The van der Waals surface area contributed by atoms with Crippen LogP contribution in [-0.2, 0) is 10.0 Å². The molecule has 3 aromatic rings. The van der Waals surface area contributed by atoms with Gasteiger partial charge in [0.2, 0.25) is 0 Å². The summed E-state index contributed by atoms with van der Waals surface area (Å²) < 4.78 is 28.8. The molecule has 1 fully saturated rings. The molecule has 31 heavy (non-hydrogen) atoms. The first-order valence-electron chi connectivity index (χ1n) is 10.4. The van der Waals surface area contributed by atoms with Crippen molar-refractivity contribution in [3.8, 4) is 0 Å². The van der Waals surface area contributed by atoms with E-state index >= 15 is 0 Å². The predicted molar refractivity (Wildman–Crippen MR) is 127 cm³/mol. The molecule has 0 atom stereocenters. The normalized spacial score (nSPS) is 15.2. The summed E-state index contributed by atoms with van der Waals surface area (Å²) in [6.45, 7) is 3.61. The molecule has 4 rings (SSSR count). The van der Waals surface area contributed by atoms with Crippen LogP contribution < -0.4 is 4.72 Å². The largest absolute Gasteiger partial charge is 0.339 e. The minimum Gasteiger partial charge on any atom is -0.339 e. The quantitative estimate of drug-likeness (QED) is 0.536. The summed E-state index contributed by atoms with van der Waals surface area (Å²) in [6.07, 6.45) is 3.84. The van der Waals surface area contributed by atoms with Gasteiger partial charge >= 0.3 is 0 Å². The topological polar surface area (TPSA) is 66.5 Å². The summed E-state index contributed by atoms with van der Waals surface area (Å²) in [6, 6.07) is 18.0. The van der Waals surface area contributed by atoms with Crippen LogP contribution in [0.2, 0.25) is 0 Å². The maximum Gasteiger partial charge on any atom is 0.261 e. The highest BCUT2D eigenvalue weighted by Gasteiger charge is 2.25. The molecule has 162 valence electrons. The highest BCUT2D eigenvalue weighted by Crippen LogP contribution is 2.28. The van der Waals surface area contributed by atoms with E-state index in [9.17, 15) is 13.2 Å². The number of hydrogen-bond acceptors (Lipinski definition) is 4. The van der Waals surface area contributed by atoms with Crippen LogP contribution in [0.1, 0.15) is 30.1 Å². The number of thioether (sulfide) groups is 1. The van der Waals surface area contributed by atoms with Gasteiger partial charge in [-0.1, -0.05) is 37.3 Å². The molecule has 1 heterocycles. The molecule has 1 aliphatic heterocycles. The first-order chi connectivity index (χ1) is 14.9. The van der Waals surface area contributed by atoms with Crippen molar-refractivity contribution in [2.75, 3.05) is 24.1 Å². The summed E-state index contributed by atoms with van der Waals surface area (Å²) in [5.74, 6) is 0.515. The summed E-state index contributed by atoms with van der Waals surface area (Å²) in [5.41, 5.74) is 0.939. The van der Waals surface area contributed by atoms with Gasteiger partial charge in [-0.25, -0.2) is 8.42 Å². The number of carbonyl (C=O) groups is 1. The van der Waals surface area contributed by atoms with Crippen LogP contribution in [-0.4, -0.2) is 38.6 Å². The Hall–Kier alpha value is -2.51. The van der Waals surface area contributed by atoms with Gasteiger partial charge < -0.3 is 4.90 Å². The van der Waals surface area contributed by atoms with E-state index in [-0.39, 0.29) is 10.8 Å². The predicted octanol–water partition coefficient (Wildman–Crippen LogP) is 5.23. The van der Waals surface area contributed by atoms with Gasteiger partial charge in [-0.2, -0.15) is 0 Å². The summed E-state index contributed by atoms with van der Waals surface area (Å²) >= 11 is 1.45. The smallest absolute Gasteiger partial charge is 0.261 e. The molecule has 0 saturated carbocycles. The van der Waals surface area contributed by atoms with E-state index in [0.29, 0.717) is 30.3 Å². The fraction of sp³-hybridized carbons (Fsp3) is 0.292. The van der Waals surface area contributed by atoms with Crippen molar-refractivity contribution >= 4 is 44.2 Å². The molecular weight excluding hydrogens is 428 g/mol. The zero-order valence-electron chi connectivity index (χ0n) is 17.7. The number of hydrogen-bond donors (Lipinski definition) is 1. The van der Waals surface area contributed by atoms with Gasteiger partial charge in [0.05, 0.1) is 10.5 Å². The third-order valence-corrected chi connectivity index (χ3v) is 7.96. The van der Waals surface area contributed by atoms with Crippen molar-refractivity contribution in [1.29, 1.82) is 0 Å². The van der Waals surface area contributed by atoms with Crippen molar-refractivity contribution in [2.24, 2.45) is 5.92 Å². The summed E-state index contributed by atoms with van der Waals surface area (Å²) in [7, 11) is -3.83. The van der Waals surface area contributed by atoms with Gasteiger partial charge in [-0.05, 0) is 66.1 Å². The molecule has 1 saturated heterocycles. The van der Waals surface area contributed by atoms with Gasteiger partial charge in [0.1, 0.15) is 0 Å². The van der Waals surface area contributed by atoms with Crippen LogP contribution >= 0.6 is 11.8 Å². The molecule has 0 bridgehead atoms. The third-order valence-electron chi connectivity index (χ3n) is 5.78. The van der Waals surface area contributed by atoms with Crippen molar-refractivity contribution in [2.45, 2.75) is 29.6 Å². The van der Waals surface area contributed by atoms with Crippen molar-refractivity contribution in [1.82, 2.24) is 4.90 Å². The molecule has 0 radical (unpaired) electrons. The second-order valence-electron chi connectivity index (χ2n) is 8.00. The lowest BCUT2D eigenvalue weighted by Crippen LogP contribution is -2.38. The average molecular weight is 455 g/mol. The molecule has 1 amide bonds. The van der Waals surface area contributed by atoms with Gasteiger partial charge in [0.25, 0.3) is 15.9 Å². The second-order valence-corrected chi connectivity index (χ2v) is 10.5. The van der Waals surface area contributed by atoms with Gasteiger partial charge in [-0.3, -0.25) is 9.52 Å². The number of likely N-dealkylation sites (tertiary alicyclic amines) is 1. The first kappa shape index (κ1) is 21.7. The number of nitrogens with one attached hydrogen (secondary N) is 1. The Morgan fingerprint density at radius 1 is 1.00 bits per heavy atom. The van der Waals surface area contributed by atoms with Crippen LogP contribution in [0.3, 0.4) is 0 Å². The van der Waals surface area contributed by atoms with E-state index in [1.165, 1.54) is 17.8 Å². The van der Waals surface area contributed by atoms with Crippen LogP contribution in [0, 0.1) is 5.92 Å². The molecule has 0 spiro atoms. The Bertz CT molecular complexity index is 1220. The summed E-state index contributed by atoms with van der Waals surface area (Å²) in [5, 5.41) is 1.99. The molecule has 1 N–H and O–H groups in total. The number of nitrogens with zero attached hydrogens (tertiary/aromatic N) is 1. The Balaban J connectivity index is 1.63. The number of anilines is 1. The van der Waals surface area contributed by atoms with Gasteiger partial charge in [0.15, 0.2) is 0 Å². The van der Waals surface area contributed by atoms with Crippen molar-refractivity contribution < 1.29 is 13.2 Å². The summed E-state index contributed by atoms with van der Waals surface area (Å²) in [4.78, 5) is 15.9. The lowest BCUT2D eigenvalue weighted by molar-refractivity contribution is 0.0693. The molecule has 3 aromatic carbocycles. The minimum atomic E-state index is -3.83. The van der Waals surface area contributed by atoms with Crippen LogP contribution in [0.4, 0.5) is 5.69 Å². The Kier molecular flexibility index (Phi) is 6.25. The monoisotopic (exact) mass is 454 g/mol. The lowest BCUT2D eigenvalue weighted by atomic mass is 9.98. The maximum absolute atomic E-state index is 13.2. The van der Waals surface area contributed by atoms with E-state index in [1.807, 2.05) is 47.6 Å². The Morgan fingerprint density at radius 2 is 1.71 bits per heavy atom. The lowest BCUT2D eigenvalue weighted by Gasteiger charge is -2.30. The van der Waals surface area contributed by atoms with E-state index < -0.39 is 10.0 Å². The molecule has 0 aliphatic carbocycles. The second kappa shape index (κ2) is 8.93. The highest BCUT2D eigenvalue weighted by molar-refractivity contribution is 7.98. The van der Waals surface area contributed by atoms with Gasteiger partial charge in [-0.15, -0.1) is 11.8 Å². The van der Waals surface area contributed by atoms with Crippen LogP contribution in [0.5, 0.6) is 0 Å². The standard InChI is InChI=1S/C24H26N2O3S2/c1-17-11-13-26(14-12-17)24(27)22-16-21(9-10-23(22)30-2)31(28,29)25-20-8-7-18-5-3-4-6-19(18)15-20/h3-10,15-17,25H,11-14H2,1-2H3. The first-order valence-corrected chi connectivity index (χ1v) is 13.1. The number of fused-ring (bicyclic) bond motifs is 1. The average Bonchev–Trinajstić information content (AvgIpc) is 2.78. The van der Waals surface area contributed by atoms with Crippen molar-refractivity contribution in [3.05, 3.63) is 66.2 Å². The fourth-order valence-electron chi connectivity index (χ4n) is 3.87.